The molecule has 0 fully saturated rings. The number of amides is 2. The van der Waals surface area contributed by atoms with E-state index in [9.17, 15) is 9.59 Å². The third-order valence-corrected chi connectivity index (χ3v) is 6.52. The van der Waals surface area contributed by atoms with Crippen molar-refractivity contribution in [2.75, 3.05) is 21.7 Å². The van der Waals surface area contributed by atoms with Crippen LogP contribution in [-0.2, 0) is 4.79 Å². The molecule has 1 aromatic heterocycles. The molecule has 0 spiro atoms. The first-order chi connectivity index (χ1) is 16.9. The normalized spacial score (nSPS) is 13.7. The largest absolute Gasteiger partial charge is 0.397 e. The van der Waals surface area contributed by atoms with Crippen molar-refractivity contribution in [1.29, 1.82) is 0 Å². The average molecular weight is 482 g/mol. The van der Waals surface area contributed by atoms with Crippen molar-refractivity contribution in [3.63, 3.8) is 0 Å². The Hall–Kier alpha value is -4.43. The number of anilines is 4. The second kappa shape index (κ2) is 9.08. The van der Waals surface area contributed by atoms with Gasteiger partial charge in [-0.25, -0.2) is 4.98 Å². The molecule has 2 heterocycles. The van der Waals surface area contributed by atoms with Crippen LogP contribution < -0.4 is 21.7 Å². The van der Waals surface area contributed by atoms with Crippen molar-refractivity contribution in [3.8, 4) is 11.3 Å². The van der Waals surface area contributed by atoms with Crippen LogP contribution in [0.5, 0.6) is 0 Å². The van der Waals surface area contributed by atoms with E-state index in [-0.39, 0.29) is 11.8 Å². The standard InChI is InChI=1S/C27H23N5O2S/c1-15(25-20-13-18(24-14-35-16(2)30-24)9-12-22(20)31-27(25)34)29-19-10-7-17(8-11-19)26(33)32-23-6-4-3-5-21(23)28/h3-14,29H,28H2,1-2H3,(H,31,34)(H,32,33)/b25-15-. The molecule has 0 aliphatic carbocycles. The summed E-state index contributed by atoms with van der Waals surface area (Å²) in [5, 5.41) is 12.1. The lowest BCUT2D eigenvalue weighted by molar-refractivity contribution is -0.110. The molecular weight excluding hydrogens is 458 g/mol. The zero-order valence-corrected chi connectivity index (χ0v) is 20.0. The maximum atomic E-state index is 12.8. The van der Waals surface area contributed by atoms with Gasteiger partial charge in [-0.3, -0.25) is 9.59 Å². The van der Waals surface area contributed by atoms with Crippen molar-refractivity contribution in [1.82, 2.24) is 4.98 Å². The Balaban J connectivity index is 1.37. The quantitative estimate of drug-likeness (QED) is 0.214. The number of benzene rings is 3. The molecule has 1 aliphatic rings. The molecular formula is C27H23N5O2S. The van der Waals surface area contributed by atoms with Gasteiger partial charge in [-0.05, 0) is 62.4 Å². The van der Waals surface area contributed by atoms with Gasteiger partial charge in [-0.2, -0.15) is 0 Å². The number of thiazole rings is 1. The Morgan fingerprint density at radius 3 is 2.51 bits per heavy atom. The number of carbonyl (C=O) groups excluding carboxylic acids is 2. The SMILES string of the molecule is C/C(Nc1ccc(C(=O)Nc2ccccc2N)cc1)=C1/C(=O)Nc2ccc(-c3csc(C)n3)cc21. The number of rotatable bonds is 5. The number of nitrogens with zero attached hydrogens (tertiary/aromatic N) is 1. The highest BCUT2D eigenvalue weighted by Crippen LogP contribution is 2.37. The van der Waals surface area contributed by atoms with Gasteiger partial charge < -0.3 is 21.7 Å². The maximum Gasteiger partial charge on any atom is 0.258 e. The number of aromatic nitrogens is 1. The van der Waals surface area contributed by atoms with E-state index in [4.69, 9.17) is 5.73 Å². The van der Waals surface area contributed by atoms with Gasteiger partial charge in [0.25, 0.3) is 11.8 Å². The van der Waals surface area contributed by atoms with Gasteiger partial charge in [-0.15, -0.1) is 11.3 Å². The van der Waals surface area contributed by atoms with E-state index in [1.54, 1.807) is 47.7 Å². The fraction of sp³-hybridized carbons (Fsp3) is 0.0741. The third kappa shape index (κ3) is 4.51. The van der Waals surface area contributed by atoms with Gasteiger partial charge in [0.1, 0.15) is 0 Å². The molecule has 5 N–H and O–H groups in total. The number of nitrogens with two attached hydrogens (primary N) is 1. The molecule has 4 aromatic rings. The van der Waals surface area contributed by atoms with Gasteiger partial charge in [0.15, 0.2) is 0 Å². The van der Waals surface area contributed by atoms with E-state index < -0.39 is 0 Å². The summed E-state index contributed by atoms with van der Waals surface area (Å²) in [7, 11) is 0. The predicted octanol–water partition coefficient (Wildman–Crippen LogP) is 5.75. The van der Waals surface area contributed by atoms with Gasteiger partial charge >= 0.3 is 0 Å². The number of carbonyl (C=O) groups is 2. The van der Waals surface area contributed by atoms with Gasteiger partial charge in [-0.1, -0.05) is 18.2 Å². The number of hydrogen-bond acceptors (Lipinski definition) is 6. The van der Waals surface area contributed by atoms with Crippen molar-refractivity contribution in [2.45, 2.75) is 13.8 Å². The number of fused-ring (bicyclic) bond motifs is 1. The first-order valence-electron chi connectivity index (χ1n) is 11.0. The van der Waals surface area contributed by atoms with Crippen LogP contribution >= 0.6 is 11.3 Å². The maximum absolute atomic E-state index is 12.8. The first-order valence-corrected chi connectivity index (χ1v) is 11.9. The topological polar surface area (TPSA) is 109 Å². The molecule has 0 unspecified atom stereocenters. The summed E-state index contributed by atoms with van der Waals surface area (Å²) in [6.07, 6.45) is 0. The molecule has 0 bridgehead atoms. The Kier molecular flexibility index (Phi) is 5.80. The van der Waals surface area contributed by atoms with Crippen LogP contribution in [0.25, 0.3) is 16.8 Å². The van der Waals surface area contributed by atoms with Crippen molar-refractivity contribution in [3.05, 3.63) is 93.9 Å². The Morgan fingerprint density at radius 2 is 1.80 bits per heavy atom. The van der Waals surface area contributed by atoms with Crippen LogP contribution in [0, 0.1) is 6.92 Å². The highest BCUT2D eigenvalue weighted by Gasteiger charge is 2.27. The number of hydrogen-bond donors (Lipinski definition) is 4. The van der Waals surface area contributed by atoms with Crippen molar-refractivity contribution < 1.29 is 9.59 Å². The van der Waals surface area contributed by atoms with E-state index >= 15 is 0 Å². The van der Waals surface area contributed by atoms with Crippen LogP contribution in [0.4, 0.5) is 22.7 Å². The van der Waals surface area contributed by atoms with Crippen LogP contribution in [-0.4, -0.2) is 16.8 Å². The molecule has 0 saturated heterocycles. The molecule has 8 heteroatoms. The zero-order valence-electron chi connectivity index (χ0n) is 19.2. The smallest absolute Gasteiger partial charge is 0.258 e. The molecule has 1 aliphatic heterocycles. The molecule has 0 radical (unpaired) electrons. The second-order valence-electron chi connectivity index (χ2n) is 8.21. The van der Waals surface area contributed by atoms with Gasteiger partial charge in [0, 0.05) is 39.1 Å². The Bertz CT molecular complexity index is 1490. The molecule has 2 amide bonds. The number of nitrogens with one attached hydrogen (secondary N) is 3. The summed E-state index contributed by atoms with van der Waals surface area (Å²) in [6.45, 7) is 3.83. The third-order valence-electron chi connectivity index (χ3n) is 5.74. The Morgan fingerprint density at radius 1 is 1.03 bits per heavy atom. The second-order valence-corrected chi connectivity index (χ2v) is 9.27. The lowest BCUT2D eigenvalue weighted by atomic mass is 10.0. The van der Waals surface area contributed by atoms with Crippen LogP contribution in [0.2, 0.25) is 0 Å². The summed E-state index contributed by atoms with van der Waals surface area (Å²) >= 11 is 1.59. The Labute approximate surface area is 206 Å². The van der Waals surface area contributed by atoms with E-state index in [1.165, 1.54) is 0 Å². The highest BCUT2D eigenvalue weighted by atomic mass is 32.1. The van der Waals surface area contributed by atoms with Crippen molar-refractivity contribution in [2.24, 2.45) is 0 Å². The number of para-hydroxylation sites is 2. The summed E-state index contributed by atoms with van der Waals surface area (Å²) in [4.78, 5) is 29.9. The lowest BCUT2D eigenvalue weighted by Gasteiger charge is -2.11. The molecule has 0 saturated carbocycles. The highest BCUT2D eigenvalue weighted by molar-refractivity contribution is 7.09. The minimum atomic E-state index is -0.251. The fourth-order valence-electron chi connectivity index (χ4n) is 3.98. The molecule has 7 nitrogen and oxygen atoms in total. The van der Waals surface area contributed by atoms with Crippen molar-refractivity contribution >= 4 is 51.5 Å². The minimum absolute atomic E-state index is 0.159. The molecule has 0 atom stereocenters. The monoisotopic (exact) mass is 481 g/mol. The van der Waals surface area contributed by atoms with Gasteiger partial charge in [0.05, 0.1) is 27.6 Å². The van der Waals surface area contributed by atoms with E-state index in [1.807, 2.05) is 49.6 Å². The van der Waals surface area contributed by atoms with E-state index in [0.29, 0.717) is 28.2 Å². The zero-order chi connectivity index (χ0) is 24.5. The van der Waals surface area contributed by atoms with Crippen LogP contribution in [0.3, 0.4) is 0 Å². The van der Waals surface area contributed by atoms with E-state index in [2.05, 4.69) is 20.9 Å². The predicted molar refractivity (Wildman–Crippen MR) is 142 cm³/mol. The summed E-state index contributed by atoms with van der Waals surface area (Å²) < 4.78 is 0. The lowest BCUT2D eigenvalue weighted by Crippen LogP contribution is -2.13. The minimum Gasteiger partial charge on any atom is -0.397 e. The first kappa shape index (κ1) is 22.4. The van der Waals surface area contributed by atoms with E-state index in [0.717, 1.165) is 33.2 Å². The summed E-state index contributed by atoms with van der Waals surface area (Å²) in [5.41, 5.74) is 13.0. The average Bonchev–Trinajstić information content (AvgIpc) is 3.42. The number of aryl methyl sites for hydroxylation is 1. The summed E-state index contributed by atoms with van der Waals surface area (Å²) in [5.74, 6) is -0.411. The number of nitrogen functional groups attached to an aromatic ring is 1. The molecule has 3 aromatic carbocycles. The number of allylic oxidation sites excluding steroid dienone is 1. The van der Waals surface area contributed by atoms with Crippen LogP contribution in [0.1, 0.15) is 27.9 Å². The molecule has 35 heavy (non-hydrogen) atoms. The van der Waals surface area contributed by atoms with Crippen LogP contribution in [0.15, 0.2) is 77.8 Å². The molecule has 174 valence electrons. The van der Waals surface area contributed by atoms with Gasteiger partial charge in [0.2, 0.25) is 0 Å². The fourth-order valence-corrected chi connectivity index (χ4v) is 4.61. The summed E-state index contributed by atoms with van der Waals surface area (Å²) in [6, 6.07) is 20.0. The molecule has 5 rings (SSSR count).